The van der Waals surface area contributed by atoms with Crippen LogP contribution in [0.4, 0.5) is 5.69 Å². The lowest BCUT2D eigenvalue weighted by Gasteiger charge is -2.14. The molecule has 0 aromatic heterocycles. The zero-order valence-corrected chi connectivity index (χ0v) is 12.5. The van der Waals surface area contributed by atoms with Crippen molar-refractivity contribution in [1.82, 2.24) is 0 Å². The van der Waals surface area contributed by atoms with E-state index in [1.165, 1.54) is 6.07 Å². The highest BCUT2D eigenvalue weighted by Gasteiger charge is 2.31. The Balaban J connectivity index is 2.14. The van der Waals surface area contributed by atoms with Gasteiger partial charge in [0.15, 0.2) is 9.84 Å². The van der Waals surface area contributed by atoms with Crippen molar-refractivity contribution in [3.05, 3.63) is 28.2 Å². The topological polar surface area (TPSA) is 83.5 Å². The summed E-state index contributed by atoms with van der Waals surface area (Å²) >= 11 is 3.21. The third-order valence-corrected chi connectivity index (χ3v) is 5.96. The van der Waals surface area contributed by atoms with E-state index in [0.717, 1.165) is 0 Å². The largest absolute Gasteiger partial charge is 0.478 e. The zero-order valence-electron chi connectivity index (χ0n) is 10.1. The molecule has 0 spiro atoms. The number of aromatic carboxylic acids is 1. The van der Waals surface area contributed by atoms with E-state index in [0.29, 0.717) is 23.0 Å². The summed E-state index contributed by atoms with van der Waals surface area (Å²) in [7, 11) is -3.02. The molecule has 1 atom stereocenters. The molecule has 1 aromatic carbocycles. The standard InChI is InChI=1S/C12H14BrNO4S/c13-8-3-4-11(10(6-8)12(15)16)14-7-9-2-1-5-19(9,17)18/h3-4,6,9,14H,1-2,5,7H2,(H,15,16). The summed E-state index contributed by atoms with van der Waals surface area (Å²) in [6.45, 7) is 0.254. The maximum absolute atomic E-state index is 11.7. The average Bonchev–Trinajstić information content (AvgIpc) is 2.66. The number of sulfone groups is 1. The third-order valence-electron chi connectivity index (χ3n) is 3.20. The van der Waals surface area contributed by atoms with Gasteiger partial charge in [-0.1, -0.05) is 15.9 Å². The van der Waals surface area contributed by atoms with Gasteiger partial charge in [-0.25, -0.2) is 13.2 Å². The van der Waals surface area contributed by atoms with Gasteiger partial charge in [0.05, 0.1) is 16.6 Å². The average molecular weight is 348 g/mol. The van der Waals surface area contributed by atoms with Crippen LogP contribution >= 0.6 is 15.9 Å². The molecule has 19 heavy (non-hydrogen) atoms. The number of carboxylic acid groups (broad SMARTS) is 1. The van der Waals surface area contributed by atoms with Crippen LogP contribution in [0.25, 0.3) is 0 Å². The Morgan fingerprint density at radius 3 is 2.79 bits per heavy atom. The molecule has 0 amide bonds. The SMILES string of the molecule is O=C(O)c1cc(Br)ccc1NCC1CCCS1(=O)=O. The fourth-order valence-electron chi connectivity index (χ4n) is 2.16. The molecule has 7 heteroatoms. The maximum Gasteiger partial charge on any atom is 0.337 e. The summed E-state index contributed by atoms with van der Waals surface area (Å²) in [6, 6.07) is 4.85. The summed E-state index contributed by atoms with van der Waals surface area (Å²) in [4.78, 5) is 11.1. The van der Waals surface area contributed by atoms with E-state index in [2.05, 4.69) is 21.2 Å². The number of nitrogens with one attached hydrogen (secondary N) is 1. The van der Waals surface area contributed by atoms with Gasteiger partial charge >= 0.3 is 5.97 Å². The van der Waals surface area contributed by atoms with Crippen molar-refractivity contribution in [2.75, 3.05) is 17.6 Å². The van der Waals surface area contributed by atoms with Gasteiger partial charge in [-0.15, -0.1) is 0 Å². The molecule has 1 aliphatic rings. The van der Waals surface area contributed by atoms with Crippen LogP contribution in [0.5, 0.6) is 0 Å². The van der Waals surface area contributed by atoms with Crippen molar-refractivity contribution >= 4 is 37.4 Å². The molecule has 1 unspecified atom stereocenters. The second-order valence-corrected chi connectivity index (χ2v) is 7.82. The van der Waals surface area contributed by atoms with Gasteiger partial charge in [0.25, 0.3) is 0 Å². The van der Waals surface area contributed by atoms with Crippen LogP contribution in [0.1, 0.15) is 23.2 Å². The molecule has 104 valence electrons. The lowest BCUT2D eigenvalue weighted by Crippen LogP contribution is -2.25. The molecular formula is C12H14BrNO4S. The Labute approximate surface area is 120 Å². The van der Waals surface area contributed by atoms with Gasteiger partial charge in [-0.05, 0) is 31.0 Å². The molecule has 2 N–H and O–H groups in total. The van der Waals surface area contributed by atoms with E-state index in [-0.39, 0.29) is 17.9 Å². The lowest BCUT2D eigenvalue weighted by atomic mass is 10.1. The van der Waals surface area contributed by atoms with Crippen molar-refractivity contribution in [1.29, 1.82) is 0 Å². The molecule has 0 aliphatic carbocycles. The first-order valence-electron chi connectivity index (χ1n) is 5.88. The maximum atomic E-state index is 11.7. The van der Waals surface area contributed by atoms with Gasteiger partial charge in [0, 0.05) is 16.7 Å². The van der Waals surface area contributed by atoms with E-state index in [4.69, 9.17) is 5.11 Å². The Hall–Kier alpha value is -1.08. The molecule has 0 radical (unpaired) electrons. The molecule has 0 saturated carbocycles. The zero-order chi connectivity index (χ0) is 14.0. The number of halogens is 1. The van der Waals surface area contributed by atoms with Crippen LogP contribution < -0.4 is 5.32 Å². The second kappa shape index (κ2) is 5.50. The van der Waals surface area contributed by atoms with E-state index in [1.807, 2.05) is 0 Å². The highest BCUT2D eigenvalue weighted by Crippen LogP contribution is 2.24. The van der Waals surface area contributed by atoms with Crippen molar-refractivity contribution in [3.63, 3.8) is 0 Å². The number of carboxylic acids is 1. The molecule has 2 rings (SSSR count). The van der Waals surface area contributed by atoms with E-state index < -0.39 is 21.1 Å². The minimum Gasteiger partial charge on any atom is -0.478 e. The number of benzene rings is 1. The van der Waals surface area contributed by atoms with Crippen LogP contribution in [0.3, 0.4) is 0 Å². The fraction of sp³-hybridized carbons (Fsp3) is 0.417. The van der Waals surface area contributed by atoms with Crippen LogP contribution in [-0.4, -0.2) is 37.0 Å². The first-order chi connectivity index (χ1) is 8.90. The smallest absolute Gasteiger partial charge is 0.337 e. The molecule has 5 nitrogen and oxygen atoms in total. The Morgan fingerprint density at radius 1 is 1.47 bits per heavy atom. The van der Waals surface area contributed by atoms with Crippen LogP contribution in [0.15, 0.2) is 22.7 Å². The van der Waals surface area contributed by atoms with E-state index in [9.17, 15) is 13.2 Å². The summed E-state index contributed by atoms with van der Waals surface area (Å²) in [5.41, 5.74) is 0.572. The first-order valence-corrected chi connectivity index (χ1v) is 8.39. The van der Waals surface area contributed by atoms with Gasteiger partial charge < -0.3 is 10.4 Å². The van der Waals surface area contributed by atoms with Crippen molar-refractivity contribution in [3.8, 4) is 0 Å². The first kappa shape index (κ1) is 14.3. The number of anilines is 1. The Kier molecular flexibility index (Phi) is 4.15. The van der Waals surface area contributed by atoms with Crippen LogP contribution in [0, 0.1) is 0 Å². The van der Waals surface area contributed by atoms with Gasteiger partial charge in [-0.2, -0.15) is 0 Å². The molecule has 1 saturated heterocycles. The molecular weight excluding hydrogens is 334 g/mol. The fourth-order valence-corrected chi connectivity index (χ4v) is 4.29. The summed E-state index contributed by atoms with van der Waals surface area (Å²) in [6.07, 6.45) is 1.31. The predicted molar refractivity (Wildman–Crippen MR) is 76.4 cm³/mol. The molecule has 0 bridgehead atoms. The normalized spacial score (nSPS) is 21.2. The molecule has 1 heterocycles. The predicted octanol–water partition coefficient (Wildman–Crippen LogP) is 2.14. The van der Waals surface area contributed by atoms with Crippen molar-refractivity contribution < 1.29 is 18.3 Å². The number of carbonyl (C=O) groups is 1. The quantitative estimate of drug-likeness (QED) is 0.871. The number of rotatable bonds is 4. The molecule has 1 aliphatic heterocycles. The van der Waals surface area contributed by atoms with Crippen LogP contribution in [-0.2, 0) is 9.84 Å². The number of hydrogen-bond donors (Lipinski definition) is 2. The number of hydrogen-bond acceptors (Lipinski definition) is 4. The van der Waals surface area contributed by atoms with Crippen molar-refractivity contribution in [2.24, 2.45) is 0 Å². The summed E-state index contributed by atoms with van der Waals surface area (Å²) < 4.78 is 24.1. The van der Waals surface area contributed by atoms with E-state index in [1.54, 1.807) is 12.1 Å². The minimum absolute atomic E-state index is 0.129. The van der Waals surface area contributed by atoms with Gasteiger partial charge in [0.2, 0.25) is 0 Å². The third kappa shape index (κ3) is 3.27. The molecule has 1 aromatic rings. The summed E-state index contributed by atoms with van der Waals surface area (Å²) in [5.74, 6) is -0.816. The highest BCUT2D eigenvalue weighted by atomic mass is 79.9. The lowest BCUT2D eigenvalue weighted by molar-refractivity contribution is 0.0698. The van der Waals surface area contributed by atoms with Gasteiger partial charge in [0.1, 0.15) is 0 Å². The minimum atomic E-state index is -3.02. The highest BCUT2D eigenvalue weighted by molar-refractivity contribution is 9.10. The second-order valence-electron chi connectivity index (χ2n) is 4.51. The molecule has 1 fully saturated rings. The van der Waals surface area contributed by atoms with E-state index >= 15 is 0 Å². The summed E-state index contributed by atoms with van der Waals surface area (Å²) in [5, 5.41) is 11.6. The monoisotopic (exact) mass is 347 g/mol. The Morgan fingerprint density at radius 2 is 2.21 bits per heavy atom. The van der Waals surface area contributed by atoms with Crippen LogP contribution in [0.2, 0.25) is 0 Å². The van der Waals surface area contributed by atoms with Gasteiger partial charge in [-0.3, -0.25) is 0 Å². The Bertz CT molecular complexity index is 600. The van der Waals surface area contributed by atoms with Crippen molar-refractivity contribution in [2.45, 2.75) is 18.1 Å².